The summed E-state index contributed by atoms with van der Waals surface area (Å²) in [5, 5.41) is 0. The van der Waals surface area contributed by atoms with Gasteiger partial charge < -0.3 is 17.7 Å². The van der Waals surface area contributed by atoms with E-state index in [0.29, 0.717) is 5.56 Å². The molecule has 6 heteroatoms. The maximum atomic E-state index is 12.4. The number of hydrogen-bond acceptors (Lipinski definition) is 2. The minimum Gasteiger partial charge on any atom is -0.465 e. The monoisotopic (exact) mass is 217 g/mol. The van der Waals surface area contributed by atoms with E-state index in [2.05, 4.69) is 4.74 Å². The average molecular weight is 217 g/mol. The third-order valence-corrected chi connectivity index (χ3v) is 1.90. The molecule has 0 unspecified atom stereocenters. The first-order chi connectivity index (χ1) is 6.84. The molecule has 0 aromatic heterocycles. The Kier molecular flexibility index (Phi) is 3.07. The highest BCUT2D eigenvalue weighted by molar-refractivity contribution is 6.73. The van der Waals surface area contributed by atoms with E-state index >= 15 is 0 Å². The standard InChI is InChI=1S/C9H9BF3O2/c1-6-3-7(9(14)15-2)5-8(4-6)10(11,12)13/h3-5H,1-2H3/q-1. The van der Waals surface area contributed by atoms with Crippen molar-refractivity contribution in [1.82, 2.24) is 0 Å². The summed E-state index contributed by atoms with van der Waals surface area (Å²) in [6, 6.07) is 3.17. The van der Waals surface area contributed by atoms with E-state index in [4.69, 9.17) is 0 Å². The molecule has 0 saturated carbocycles. The highest BCUT2D eigenvalue weighted by atomic mass is 19.4. The molecule has 82 valence electrons. The van der Waals surface area contributed by atoms with E-state index in [1.165, 1.54) is 13.0 Å². The third kappa shape index (κ3) is 2.74. The van der Waals surface area contributed by atoms with Crippen LogP contribution in [0.15, 0.2) is 18.2 Å². The SMILES string of the molecule is COC(=O)c1cc(C)cc([B-](F)(F)F)c1. The molecule has 0 atom stereocenters. The van der Waals surface area contributed by atoms with Crippen LogP contribution in [0.5, 0.6) is 0 Å². The van der Waals surface area contributed by atoms with Crippen LogP contribution in [0, 0.1) is 6.92 Å². The van der Waals surface area contributed by atoms with Crippen molar-refractivity contribution in [3.05, 3.63) is 29.3 Å². The molecule has 1 rings (SSSR count). The summed E-state index contributed by atoms with van der Waals surface area (Å²) in [5.74, 6) is -0.764. The molecule has 0 bridgehead atoms. The number of ether oxygens (including phenoxy) is 1. The number of halogens is 3. The lowest BCUT2D eigenvalue weighted by Gasteiger charge is -2.16. The summed E-state index contributed by atoms with van der Waals surface area (Å²) < 4.78 is 41.6. The third-order valence-electron chi connectivity index (χ3n) is 1.90. The summed E-state index contributed by atoms with van der Waals surface area (Å²) in [7, 11) is 1.13. The predicted octanol–water partition coefficient (Wildman–Crippen LogP) is 1.84. The van der Waals surface area contributed by atoms with Gasteiger partial charge in [0, 0.05) is 0 Å². The van der Waals surface area contributed by atoms with Gasteiger partial charge in [0.15, 0.2) is 0 Å². The Labute approximate surface area is 85.1 Å². The Balaban J connectivity index is 3.23. The number of carbonyl (C=O) groups is 1. The molecule has 0 fully saturated rings. The molecule has 0 aliphatic rings. The predicted molar refractivity (Wildman–Crippen MR) is 51.2 cm³/mol. The molecule has 15 heavy (non-hydrogen) atoms. The topological polar surface area (TPSA) is 26.3 Å². The molecule has 0 spiro atoms. The van der Waals surface area contributed by atoms with Crippen LogP contribution in [0.1, 0.15) is 15.9 Å². The second kappa shape index (κ2) is 3.96. The number of benzene rings is 1. The van der Waals surface area contributed by atoms with Gasteiger partial charge in [0.1, 0.15) is 0 Å². The van der Waals surface area contributed by atoms with Crippen LogP contribution in [-0.2, 0) is 4.74 Å². The molecule has 0 radical (unpaired) electrons. The smallest absolute Gasteiger partial charge is 0.465 e. The zero-order chi connectivity index (χ0) is 11.6. The van der Waals surface area contributed by atoms with E-state index in [1.54, 1.807) is 0 Å². The van der Waals surface area contributed by atoms with Gasteiger partial charge in [-0.15, -0.1) is 5.46 Å². The van der Waals surface area contributed by atoms with E-state index in [-0.39, 0.29) is 5.56 Å². The summed E-state index contributed by atoms with van der Waals surface area (Å²) in [6.45, 7) is -3.59. The van der Waals surface area contributed by atoms with Crippen molar-refractivity contribution in [2.45, 2.75) is 6.92 Å². The van der Waals surface area contributed by atoms with Gasteiger partial charge in [0.05, 0.1) is 12.7 Å². The Morgan fingerprint density at radius 2 is 1.87 bits per heavy atom. The fourth-order valence-electron chi connectivity index (χ4n) is 1.24. The minimum absolute atomic E-state index is 0.0771. The van der Waals surface area contributed by atoms with Crippen molar-refractivity contribution in [2.24, 2.45) is 0 Å². The van der Waals surface area contributed by atoms with Crippen LogP contribution in [-0.4, -0.2) is 20.1 Å². The number of aryl methyl sites for hydroxylation is 1. The first-order valence-electron chi connectivity index (χ1n) is 4.24. The second-order valence-corrected chi connectivity index (χ2v) is 3.20. The van der Waals surface area contributed by atoms with Crippen molar-refractivity contribution in [2.75, 3.05) is 7.11 Å². The van der Waals surface area contributed by atoms with Crippen LogP contribution < -0.4 is 5.46 Å². The van der Waals surface area contributed by atoms with Crippen LogP contribution in [0.2, 0.25) is 0 Å². The van der Waals surface area contributed by atoms with E-state index < -0.39 is 18.4 Å². The van der Waals surface area contributed by atoms with Gasteiger partial charge in [-0.1, -0.05) is 17.7 Å². The van der Waals surface area contributed by atoms with Crippen molar-refractivity contribution < 1.29 is 22.5 Å². The first-order valence-corrected chi connectivity index (χ1v) is 4.24. The number of hydrogen-bond donors (Lipinski definition) is 0. The summed E-state index contributed by atoms with van der Waals surface area (Å²) >= 11 is 0. The molecule has 0 aliphatic carbocycles. The lowest BCUT2D eigenvalue weighted by Crippen LogP contribution is -2.34. The fourth-order valence-corrected chi connectivity index (χ4v) is 1.24. The number of rotatable bonds is 2. The zero-order valence-electron chi connectivity index (χ0n) is 8.26. The molecular weight excluding hydrogens is 208 g/mol. The Hall–Kier alpha value is -1.46. The van der Waals surface area contributed by atoms with Crippen LogP contribution in [0.3, 0.4) is 0 Å². The minimum atomic E-state index is -5.09. The van der Waals surface area contributed by atoms with E-state index in [9.17, 15) is 17.7 Å². The molecule has 0 heterocycles. The average Bonchev–Trinajstić information content (AvgIpc) is 2.14. The van der Waals surface area contributed by atoms with Crippen molar-refractivity contribution >= 4 is 18.4 Å². The Bertz CT molecular complexity index is 387. The van der Waals surface area contributed by atoms with Crippen molar-refractivity contribution in [3.63, 3.8) is 0 Å². The molecule has 0 saturated heterocycles. The fraction of sp³-hybridized carbons (Fsp3) is 0.222. The molecule has 0 N–H and O–H groups in total. The molecule has 0 amide bonds. The van der Waals surface area contributed by atoms with Crippen molar-refractivity contribution in [1.29, 1.82) is 0 Å². The Morgan fingerprint density at radius 1 is 1.27 bits per heavy atom. The van der Waals surface area contributed by atoms with Gasteiger partial charge in [-0.3, -0.25) is 0 Å². The largest absolute Gasteiger partial charge is 0.509 e. The normalized spacial score (nSPS) is 11.3. The quantitative estimate of drug-likeness (QED) is 0.557. The lowest BCUT2D eigenvalue weighted by atomic mass is 9.78. The van der Waals surface area contributed by atoms with Gasteiger partial charge in [0.25, 0.3) is 0 Å². The number of carbonyl (C=O) groups excluding carboxylic acids is 1. The summed E-state index contributed by atoms with van der Waals surface area (Å²) in [6.07, 6.45) is 0. The highest BCUT2D eigenvalue weighted by Gasteiger charge is 2.26. The van der Waals surface area contributed by atoms with Crippen LogP contribution >= 0.6 is 0 Å². The lowest BCUT2D eigenvalue weighted by molar-refractivity contribution is 0.0600. The molecule has 1 aromatic rings. The maximum absolute atomic E-state index is 12.4. The van der Waals surface area contributed by atoms with E-state index in [0.717, 1.165) is 19.2 Å². The number of esters is 1. The molecule has 1 aromatic carbocycles. The number of methoxy groups -OCH3 is 1. The van der Waals surface area contributed by atoms with Crippen LogP contribution in [0.4, 0.5) is 12.9 Å². The molecule has 2 nitrogen and oxygen atoms in total. The first kappa shape index (κ1) is 11.6. The zero-order valence-corrected chi connectivity index (χ0v) is 8.26. The second-order valence-electron chi connectivity index (χ2n) is 3.20. The molecular formula is C9H9BF3O2-. The molecule has 0 aliphatic heterocycles. The van der Waals surface area contributed by atoms with Crippen molar-refractivity contribution in [3.8, 4) is 0 Å². The maximum Gasteiger partial charge on any atom is 0.509 e. The van der Waals surface area contributed by atoms with Gasteiger partial charge in [-0.2, -0.15) is 0 Å². The summed E-state index contributed by atoms with van der Waals surface area (Å²) in [4.78, 5) is 11.1. The van der Waals surface area contributed by atoms with Gasteiger partial charge in [-0.05, 0) is 13.0 Å². The van der Waals surface area contributed by atoms with Gasteiger partial charge in [-0.25, -0.2) is 4.79 Å². The van der Waals surface area contributed by atoms with Gasteiger partial charge >= 0.3 is 12.9 Å². The Morgan fingerprint density at radius 3 is 2.33 bits per heavy atom. The van der Waals surface area contributed by atoms with E-state index in [1.807, 2.05) is 0 Å². The van der Waals surface area contributed by atoms with Gasteiger partial charge in [0.2, 0.25) is 0 Å². The van der Waals surface area contributed by atoms with Crippen LogP contribution in [0.25, 0.3) is 0 Å². The summed E-state index contributed by atoms with van der Waals surface area (Å²) in [5.41, 5.74) is -0.478. The highest BCUT2D eigenvalue weighted by Crippen LogP contribution is 2.12.